The number of halogens is 1. The number of fused-ring (bicyclic) bond motifs is 3. The summed E-state index contributed by atoms with van der Waals surface area (Å²) in [4.78, 5) is 27.3. The van der Waals surface area contributed by atoms with Crippen LogP contribution in [0.2, 0.25) is 0 Å². The van der Waals surface area contributed by atoms with Gasteiger partial charge in [-0.3, -0.25) is 14.4 Å². The van der Waals surface area contributed by atoms with Crippen molar-refractivity contribution in [2.45, 2.75) is 120 Å². The van der Waals surface area contributed by atoms with Gasteiger partial charge in [0, 0.05) is 56.1 Å². The molecule has 4 aliphatic rings. The highest BCUT2D eigenvalue weighted by molar-refractivity contribution is 5.70. The van der Waals surface area contributed by atoms with Gasteiger partial charge in [0.1, 0.15) is 11.6 Å². The number of rotatable bonds is 11. The third-order valence-electron chi connectivity index (χ3n) is 12.2. The Hall–Kier alpha value is -3.53. The monoisotopic (exact) mass is 657 g/mol. The molecule has 2 aliphatic heterocycles. The minimum atomic E-state index is -0.664. The van der Waals surface area contributed by atoms with Crippen molar-refractivity contribution < 1.29 is 14.3 Å². The van der Waals surface area contributed by atoms with Crippen molar-refractivity contribution in [3.8, 4) is 0 Å². The van der Waals surface area contributed by atoms with E-state index in [1.54, 1.807) is 12.1 Å². The number of hydrogen-bond donors (Lipinski definition) is 2. The number of benzene rings is 1. The van der Waals surface area contributed by atoms with Crippen LogP contribution in [0.3, 0.4) is 0 Å². The molecule has 2 aliphatic carbocycles. The second kappa shape index (κ2) is 14.1. The summed E-state index contributed by atoms with van der Waals surface area (Å²) < 4.78 is 15.7. The molecular formula is C38H52FN7O2. The Balaban J connectivity index is 1.22. The van der Waals surface area contributed by atoms with Crippen molar-refractivity contribution in [2.75, 3.05) is 23.8 Å². The quantitative estimate of drug-likeness (QED) is 0.230. The number of carboxylic acid groups (broad SMARTS) is 1. The molecule has 0 amide bonds. The van der Waals surface area contributed by atoms with Gasteiger partial charge in [0.05, 0.1) is 23.9 Å². The molecule has 3 fully saturated rings. The van der Waals surface area contributed by atoms with E-state index in [4.69, 9.17) is 9.97 Å². The Morgan fingerprint density at radius 1 is 1.04 bits per heavy atom. The van der Waals surface area contributed by atoms with Crippen LogP contribution >= 0.6 is 0 Å². The number of carboxylic acids is 1. The van der Waals surface area contributed by atoms with Crippen molar-refractivity contribution in [3.63, 3.8) is 0 Å². The highest BCUT2D eigenvalue weighted by Crippen LogP contribution is 2.41. The van der Waals surface area contributed by atoms with Crippen molar-refractivity contribution in [1.29, 1.82) is 0 Å². The molecule has 9 nitrogen and oxygen atoms in total. The van der Waals surface area contributed by atoms with Crippen molar-refractivity contribution in [3.05, 3.63) is 64.9 Å². The Labute approximate surface area is 284 Å². The summed E-state index contributed by atoms with van der Waals surface area (Å²) in [5.74, 6) is 1.22. The molecule has 0 spiro atoms. The van der Waals surface area contributed by atoms with Gasteiger partial charge in [-0.1, -0.05) is 25.5 Å². The second-order valence-corrected chi connectivity index (χ2v) is 15.0. The van der Waals surface area contributed by atoms with Crippen LogP contribution in [0, 0.1) is 17.7 Å². The third kappa shape index (κ3) is 6.82. The minimum absolute atomic E-state index is 0.0246. The van der Waals surface area contributed by atoms with E-state index in [1.165, 1.54) is 37.7 Å². The molecule has 2 N–H and O–H groups in total. The molecule has 2 bridgehead atoms. The number of carbonyl (C=O) groups is 1. The topological polar surface area (TPSA) is 99.4 Å². The van der Waals surface area contributed by atoms with E-state index in [2.05, 4.69) is 40.4 Å². The number of hydrogen-bond acceptors (Lipinski definition) is 7. The van der Waals surface area contributed by atoms with Crippen LogP contribution in [-0.4, -0.2) is 67.4 Å². The molecule has 7 rings (SSSR count). The molecular weight excluding hydrogens is 605 g/mol. The maximum Gasteiger partial charge on any atom is 0.306 e. The second-order valence-electron chi connectivity index (χ2n) is 15.0. The summed E-state index contributed by atoms with van der Waals surface area (Å²) >= 11 is 0. The first-order valence-corrected chi connectivity index (χ1v) is 18.4. The van der Waals surface area contributed by atoms with Crippen molar-refractivity contribution in [1.82, 2.24) is 24.6 Å². The average molecular weight is 658 g/mol. The molecule has 1 saturated carbocycles. The first-order valence-electron chi connectivity index (χ1n) is 18.4. The summed E-state index contributed by atoms with van der Waals surface area (Å²) in [6, 6.07) is 8.55. The zero-order valence-electron chi connectivity index (χ0n) is 28.8. The van der Waals surface area contributed by atoms with Gasteiger partial charge in [0.25, 0.3) is 0 Å². The number of aryl methyl sites for hydroxylation is 2. The molecule has 258 valence electrons. The fourth-order valence-corrected chi connectivity index (χ4v) is 9.47. The first-order chi connectivity index (χ1) is 23.3. The molecule has 10 heteroatoms. The summed E-state index contributed by atoms with van der Waals surface area (Å²) in [5, 5.41) is 18.1. The van der Waals surface area contributed by atoms with Gasteiger partial charge in [-0.05, 0) is 107 Å². The van der Waals surface area contributed by atoms with E-state index in [0.717, 1.165) is 86.5 Å². The largest absolute Gasteiger partial charge is 0.481 e. The Bertz CT molecular complexity index is 1550. The predicted octanol–water partition coefficient (Wildman–Crippen LogP) is 6.90. The molecule has 3 aromatic rings. The lowest BCUT2D eigenvalue weighted by Crippen LogP contribution is -2.43. The summed E-state index contributed by atoms with van der Waals surface area (Å²) in [6.45, 7) is 3.14. The molecule has 1 aromatic carbocycles. The summed E-state index contributed by atoms with van der Waals surface area (Å²) in [6.07, 6.45) is 17.4. The third-order valence-corrected chi connectivity index (χ3v) is 12.2. The lowest BCUT2D eigenvalue weighted by Gasteiger charge is -2.39. The van der Waals surface area contributed by atoms with E-state index < -0.39 is 5.97 Å². The zero-order valence-corrected chi connectivity index (χ0v) is 28.8. The SMILES string of the molecule is CC[C@H](C1CCC(C(=O)O)CC1)N(C)c1nc2c(c(N[C@@H](CN3C4CCCC3CC4)c3cnn(C)c3)n1)C[C@H](c1ccc(F)cc1)CC2. The lowest BCUT2D eigenvalue weighted by atomic mass is 9.77. The highest BCUT2D eigenvalue weighted by Gasteiger charge is 2.39. The molecule has 2 unspecified atom stereocenters. The first kappa shape index (κ1) is 33.0. The lowest BCUT2D eigenvalue weighted by molar-refractivity contribution is -0.143. The molecule has 0 radical (unpaired) electrons. The molecule has 2 saturated heterocycles. The Morgan fingerprint density at radius 2 is 1.77 bits per heavy atom. The van der Waals surface area contributed by atoms with Crippen LogP contribution in [0.5, 0.6) is 0 Å². The van der Waals surface area contributed by atoms with E-state index in [-0.39, 0.29) is 29.7 Å². The van der Waals surface area contributed by atoms with Gasteiger partial charge < -0.3 is 15.3 Å². The number of anilines is 2. The number of nitrogens with zero attached hydrogens (tertiary/aromatic N) is 6. The number of piperidine rings is 1. The molecule has 4 heterocycles. The molecule has 2 aromatic heterocycles. The summed E-state index contributed by atoms with van der Waals surface area (Å²) in [7, 11) is 4.10. The van der Waals surface area contributed by atoms with Crippen LogP contribution in [-0.2, 0) is 24.7 Å². The molecule has 5 atom stereocenters. The molecule has 48 heavy (non-hydrogen) atoms. The van der Waals surface area contributed by atoms with Gasteiger partial charge in [0.2, 0.25) is 5.95 Å². The fraction of sp³-hybridized carbons (Fsp3) is 0.632. The maximum atomic E-state index is 13.8. The van der Waals surface area contributed by atoms with Gasteiger partial charge in [0.15, 0.2) is 0 Å². The van der Waals surface area contributed by atoms with Gasteiger partial charge in [-0.2, -0.15) is 10.1 Å². The number of nitrogens with one attached hydrogen (secondary N) is 1. The fourth-order valence-electron chi connectivity index (χ4n) is 9.47. The minimum Gasteiger partial charge on any atom is -0.481 e. The number of aliphatic carboxylic acids is 1. The standard InChI is InChI=1S/C38H52FN7O2/c1-4-35(25-8-10-26(11-9-25)37(47)48)45(3)38-42-33-19-14-27(24-12-15-29(39)16-13-24)20-32(33)36(43-38)41-34(28-21-40-44(2)22-28)23-46-30-6-5-7-31(46)18-17-30/h12-13,15-16,21-22,25-27,30-31,34-35H,4-11,14,17-20,23H2,1-3H3,(H,47,48)(H,41,42,43)/t25?,26?,27-,30?,31?,34+,35-/m1/s1. The van der Waals surface area contributed by atoms with Gasteiger partial charge >= 0.3 is 5.97 Å². The normalized spacial score (nSPS) is 26.9. The average Bonchev–Trinajstić information content (AvgIpc) is 3.61. The van der Waals surface area contributed by atoms with Crippen LogP contribution in [0.25, 0.3) is 0 Å². The van der Waals surface area contributed by atoms with E-state index >= 15 is 0 Å². The smallest absolute Gasteiger partial charge is 0.306 e. The van der Waals surface area contributed by atoms with E-state index in [0.29, 0.717) is 18.0 Å². The van der Waals surface area contributed by atoms with Crippen molar-refractivity contribution in [2.24, 2.45) is 18.9 Å². The van der Waals surface area contributed by atoms with Gasteiger partial charge in [-0.15, -0.1) is 0 Å². The van der Waals surface area contributed by atoms with Gasteiger partial charge in [-0.25, -0.2) is 9.37 Å². The Morgan fingerprint density at radius 3 is 2.42 bits per heavy atom. The highest BCUT2D eigenvalue weighted by atomic mass is 19.1. The Kier molecular flexibility index (Phi) is 9.72. The maximum absolute atomic E-state index is 13.8. The van der Waals surface area contributed by atoms with Crippen LogP contribution < -0.4 is 10.2 Å². The number of aromatic nitrogens is 4. The van der Waals surface area contributed by atoms with Crippen LogP contribution in [0.15, 0.2) is 36.7 Å². The van der Waals surface area contributed by atoms with Crippen molar-refractivity contribution >= 4 is 17.7 Å². The van der Waals surface area contributed by atoms with Crippen LogP contribution in [0.4, 0.5) is 16.2 Å². The van der Waals surface area contributed by atoms with E-state index in [9.17, 15) is 14.3 Å². The summed E-state index contributed by atoms with van der Waals surface area (Å²) in [5.41, 5.74) is 4.58. The predicted molar refractivity (Wildman–Crippen MR) is 186 cm³/mol. The van der Waals surface area contributed by atoms with Crippen LogP contribution in [0.1, 0.15) is 112 Å². The van der Waals surface area contributed by atoms with E-state index in [1.807, 2.05) is 30.1 Å². The zero-order chi connectivity index (χ0) is 33.4.